The summed E-state index contributed by atoms with van der Waals surface area (Å²) in [5.41, 5.74) is 1.95. The Morgan fingerprint density at radius 3 is 2.12 bits per heavy atom. The Labute approximate surface area is 95.3 Å². The van der Waals surface area contributed by atoms with Crippen LogP contribution < -0.4 is 4.90 Å². The van der Waals surface area contributed by atoms with E-state index in [0.29, 0.717) is 6.61 Å². The van der Waals surface area contributed by atoms with E-state index in [1.165, 1.54) is 0 Å². The third kappa shape index (κ3) is 3.27. The maximum absolute atomic E-state index is 8.64. The zero-order valence-corrected chi connectivity index (χ0v) is 9.18. The first-order chi connectivity index (χ1) is 7.81. The van der Waals surface area contributed by atoms with Gasteiger partial charge < -0.3 is 9.64 Å². The molecule has 1 aromatic carbocycles. The number of rotatable bonds is 5. The highest BCUT2D eigenvalue weighted by molar-refractivity contribution is 5.49. The minimum atomic E-state index is 0.219. The normalized spacial score (nSPS) is 9.19. The monoisotopic (exact) mass is 215 g/mol. The molecule has 16 heavy (non-hydrogen) atoms. The van der Waals surface area contributed by atoms with Gasteiger partial charge in [-0.15, -0.1) is 0 Å². The highest BCUT2D eigenvalue weighted by atomic mass is 16.5. The largest absolute Gasteiger partial charge is 0.380 e. The highest BCUT2D eigenvalue weighted by Gasteiger charge is 2.04. The van der Waals surface area contributed by atoms with Gasteiger partial charge in [0.25, 0.3) is 0 Å². The van der Waals surface area contributed by atoms with Crippen LogP contribution in [0.3, 0.4) is 0 Å². The summed E-state index contributed by atoms with van der Waals surface area (Å²) >= 11 is 0. The van der Waals surface area contributed by atoms with Crippen LogP contribution in [-0.2, 0) is 11.3 Å². The Morgan fingerprint density at radius 1 is 1.12 bits per heavy atom. The van der Waals surface area contributed by atoms with Crippen LogP contribution in [0.15, 0.2) is 24.3 Å². The van der Waals surface area contributed by atoms with Crippen LogP contribution in [0.5, 0.6) is 0 Å². The average molecular weight is 215 g/mol. The van der Waals surface area contributed by atoms with E-state index < -0.39 is 0 Å². The number of hydrogen-bond acceptors (Lipinski definition) is 4. The van der Waals surface area contributed by atoms with Crippen molar-refractivity contribution in [3.05, 3.63) is 29.8 Å². The quantitative estimate of drug-likeness (QED) is 0.701. The molecule has 0 aliphatic heterocycles. The lowest BCUT2D eigenvalue weighted by Crippen LogP contribution is -2.23. The fourth-order valence-electron chi connectivity index (χ4n) is 1.38. The molecule has 0 radical (unpaired) electrons. The molecular weight excluding hydrogens is 202 g/mol. The van der Waals surface area contributed by atoms with Gasteiger partial charge in [-0.05, 0) is 17.7 Å². The van der Waals surface area contributed by atoms with Gasteiger partial charge in [0.2, 0.25) is 0 Å². The SMILES string of the molecule is COCc1ccc(N(CC#N)CC#N)cc1. The molecule has 0 atom stereocenters. The van der Waals surface area contributed by atoms with Gasteiger partial charge in [0.05, 0.1) is 18.7 Å². The number of anilines is 1. The molecule has 0 spiro atoms. The third-order valence-corrected chi connectivity index (χ3v) is 2.14. The Bertz CT molecular complexity index is 384. The van der Waals surface area contributed by atoms with Gasteiger partial charge in [0, 0.05) is 12.8 Å². The van der Waals surface area contributed by atoms with Crippen molar-refractivity contribution in [3.8, 4) is 12.1 Å². The first kappa shape index (κ1) is 12.0. The van der Waals surface area contributed by atoms with Crippen molar-refractivity contribution in [2.45, 2.75) is 6.61 Å². The summed E-state index contributed by atoms with van der Waals surface area (Å²) in [6.07, 6.45) is 0. The topological polar surface area (TPSA) is 60.0 Å². The van der Waals surface area contributed by atoms with Crippen LogP contribution in [0.1, 0.15) is 5.56 Å². The molecule has 0 saturated carbocycles. The standard InChI is InChI=1S/C12H13N3O/c1-16-10-11-2-4-12(5-3-11)15(8-6-13)9-7-14/h2-5H,8-10H2,1H3. The van der Waals surface area contributed by atoms with Gasteiger partial charge in [-0.25, -0.2) is 0 Å². The van der Waals surface area contributed by atoms with Crippen molar-refractivity contribution in [2.24, 2.45) is 0 Å². The first-order valence-corrected chi connectivity index (χ1v) is 4.88. The van der Waals surface area contributed by atoms with Crippen LogP contribution in [0.4, 0.5) is 5.69 Å². The summed E-state index contributed by atoms with van der Waals surface area (Å²) in [4.78, 5) is 1.72. The summed E-state index contributed by atoms with van der Waals surface area (Å²) in [6.45, 7) is 1.01. The Kier molecular flexibility index (Phi) is 4.85. The highest BCUT2D eigenvalue weighted by Crippen LogP contribution is 2.15. The summed E-state index contributed by atoms with van der Waals surface area (Å²) in [6, 6.07) is 11.7. The van der Waals surface area contributed by atoms with Gasteiger partial charge in [-0.1, -0.05) is 12.1 Å². The van der Waals surface area contributed by atoms with Crippen molar-refractivity contribution in [2.75, 3.05) is 25.1 Å². The van der Waals surface area contributed by atoms with Gasteiger partial charge in [-0.2, -0.15) is 10.5 Å². The lowest BCUT2D eigenvalue weighted by Gasteiger charge is -2.18. The van der Waals surface area contributed by atoms with Gasteiger partial charge in [-0.3, -0.25) is 0 Å². The molecule has 0 unspecified atom stereocenters. The van der Waals surface area contributed by atoms with Crippen LogP contribution in [0, 0.1) is 22.7 Å². The molecule has 82 valence electrons. The second-order valence-electron chi connectivity index (χ2n) is 3.27. The molecule has 0 aliphatic rings. The number of methoxy groups -OCH3 is 1. The lowest BCUT2D eigenvalue weighted by atomic mass is 10.2. The van der Waals surface area contributed by atoms with Crippen molar-refractivity contribution >= 4 is 5.69 Å². The maximum Gasteiger partial charge on any atom is 0.106 e. The van der Waals surface area contributed by atoms with Crippen LogP contribution in [-0.4, -0.2) is 20.2 Å². The fourth-order valence-corrected chi connectivity index (χ4v) is 1.38. The number of ether oxygens (including phenoxy) is 1. The van der Waals surface area contributed by atoms with E-state index in [2.05, 4.69) is 0 Å². The molecule has 1 aromatic rings. The first-order valence-electron chi connectivity index (χ1n) is 4.88. The minimum Gasteiger partial charge on any atom is -0.380 e. The van der Waals surface area contributed by atoms with E-state index in [0.717, 1.165) is 11.3 Å². The van der Waals surface area contributed by atoms with Gasteiger partial charge in [0.1, 0.15) is 13.1 Å². The van der Waals surface area contributed by atoms with Crippen molar-refractivity contribution in [1.29, 1.82) is 10.5 Å². The zero-order valence-electron chi connectivity index (χ0n) is 9.18. The van der Waals surface area contributed by atoms with E-state index in [9.17, 15) is 0 Å². The number of nitrogens with zero attached hydrogens (tertiary/aromatic N) is 3. The smallest absolute Gasteiger partial charge is 0.106 e. The summed E-state index contributed by atoms with van der Waals surface area (Å²) in [5, 5.41) is 17.3. The molecule has 0 aromatic heterocycles. The average Bonchev–Trinajstić information content (AvgIpc) is 2.30. The van der Waals surface area contributed by atoms with Crippen molar-refractivity contribution in [1.82, 2.24) is 0 Å². The molecule has 0 heterocycles. The number of hydrogen-bond donors (Lipinski definition) is 0. The molecule has 4 nitrogen and oxygen atoms in total. The van der Waals surface area contributed by atoms with E-state index in [4.69, 9.17) is 15.3 Å². The second-order valence-corrected chi connectivity index (χ2v) is 3.27. The predicted octanol–water partition coefficient (Wildman–Crippen LogP) is 1.69. The molecule has 0 fully saturated rings. The molecule has 0 aliphatic carbocycles. The van der Waals surface area contributed by atoms with Gasteiger partial charge >= 0.3 is 0 Å². The fraction of sp³-hybridized carbons (Fsp3) is 0.333. The summed E-state index contributed by atoms with van der Waals surface area (Å²) in [7, 11) is 1.64. The number of nitriles is 2. The van der Waals surface area contributed by atoms with Crippen LogP contribution in [0.25, 0.3) is 0 Å². The Balaban J connectivity index is 2.78. The third-order valence-electron chi connectivity index (χ3n) is 2.14. The zero-order chi connectivity index (χ0) is 11.8. The molecule has 0 bridgehead atoms. The summed E-state index contributed by atoms with van der Waals surface area (Å²) < 4.78 is 5.00. The number of benzene rings is 1. The lowest BCUT2D eigenvalue weighted by molar-refractivity contribution is 0.185. The van der Waals surface area contributed by atoms with E-state index in [-0.39, 0.29) is 13.1 Å². The van der Waals surface area contributed by atoms with Crippen molar-refractivity contribution in [3.63, 3.8) is 0 Å². The van der Waals surface area contributed by atoms with E-state index in [1.54, 1.807) is 12.0 Å². The predicted molar refractivity (Wildman–Crippen MR) is 60.6 cm³/mol. The van der Waals surface area contributed by atoms with Crippen molar-refractivity contribution < 1.29 is 4.74 Å². The van der Waals surface area contributed by atoms with Crippen LogP contribution >= 0.6 is 0 Å². The molecule has 4 heteroatoms. The minimum absolute atomic E-state index is 0.219. The Morgan fingerprint density at radius 2 is 1.69 bits per heavy atom. The Hall–Kier alpha value is -2.04. The second kappa shape index (κ2) is 6.44. The molecule has 0 N–H and O–H groups in total. The van der Waals surface area contributed by atoms with Gasteiger partial charge in [0.15, 0.2) is 0 Å². The van der Waals surface area contributed by atoms with E-state index >= 15 is 0 Å². The van der Waals surface area contributed by atoms with Crippen LogP contribution in [0.2, 0.25) is 0 Å². The maximum atomic E-state index is 8.64. The molecule has 0 amide bonds. The molecule has 0 saturated heterocycles. The molecule has 1 rings (SSSR count). The summed E-state index contributed by atoms with van der Waals surface area (Å²) in [5.74, 6) is 0. The molecular formula is C12H13N3O. The van der Waals surface area contributed by atoms with E-state index in [1.807, 2.05) is 36.4 Å².